The summed E-state index contributed by atoms with van der Waals surface area (Å²) in [6.07, 6.45) is 7.73. The van der Waals surface area contributed by atoms with E-state index in [9.17, 15) is 0 Å². The molecule has 0 bridgehead atoms. The van der Waals surface area contributed by atoms with Crippen molar-refractivity contribution in [1.29, 1.82) is 0 Å². The molecule has 1 N–H and O–H groups in total. The van der Waals surface area contributed by atoms with Gasteiger partial charge in [-0.1, -0.05) is 24.3 Å². The molecule has 2 heteroatoms. The van der Waals surface area contributed by atoms with E-state index >= 15 is 0 Å². The van der Waals surface area contributed by atoms with Gasteiger partial charge in [-0.25, -0.2) is 0 Å². The molecule has 0 saturated carbocycles. The Morgan fingerprint density at radius 3 is 3.21 bits per heavy atom. The summed E-state index contributed by atoms with van der Waals surface area (Å²) in [5.41, 5.74) is 3.79. The quantitative estimate of drug-likeness (QED) is 0.626. The van der Waals surface area contributed by atoms with Gasteiger partial charge in [0.15, 0.2) is 0 Å². The molecule has 0 atom stereocenters. The van der Waals surface area contributed by atoms with E-state index in [2.05, 4.69) is 40.5 Å². The average molecular weight is 184 g/mol. The molecule has 0 unspecified atom stereocenters. The van der Waals surface area contributed by atoms with Crippen LogP contribution in [0, 0.1) is 0 Å². The lowest BCUT2D eigenvalue weighted by atomic mass is 10.00. The Bertz CT molecular complexity index is 494. The second kappa shape index (κ2) is 2.98. The normalized spacial score (nSPS) is 17.7. The third kappa shape index (κ3) is 1.07. The van der Waals surface area contributed by atoms with E-state index in [4.69, 9.17) is 0 Å². The van der Waals surface area contributed by atoms with Crippen LogP contribution in [0.15, 0.2) is 30.4 Å². The molecule has 3 rings (SSSR count). The Balaban J connectivity index is 2.33. The first-order valence-electron chi connectivity index (χ1n) is 5.05. The van der Waals surface area contributed by atoms with Crippen LogP contribution in [0.4, 0.5) is 0 Å². The van der Waals surface area contributed by atoms with Gasteiger partial charge in [0, 0.05) is 11.1 Å². The van der Waals surface area contributed by atoms with Crippen molar-refractivity contribution in [2.75, 3.05) is 0 Å². The van der Waals surface area contributed by atoms with Gasteiger partial charge >= 0.3 is 0 Å². The third-order valence-electron chi connectivity index (χ3n) is 2.81. The SMILES string of the molecule is C1=C\Cc2cccc3n[nH]c(c23)CC/1. The number of aromatic nitrogens is 2. The number of nitrogens with zero attached hydrogens (tertiary/aromatic N) is 1. The van der Waals surface area contributed by atoms with Crippen LogP contribution in [-0.2, 0) is 12.8 Å². The molecule has 1 aromatic carbocycles. The summed E-state index contributed by atoms with van der Waals surface area (Å²) in [6, 6.07) is 6.35. The second-order valence-corrected chi connectivity index (χ2v) is 3.73. The average Bonchev–Trinajstić information content (AvgIpc) is 2.57. The second-order valence-electron chi connectivity index (χ2n) is 3.73. The van der Waals surface area contributed by atoms with E-state index < -0.39 is 0 Å². The third-order valence-corrected chi connectivity index (χ3v) is 2.81. The zero-order valence-electron chi connectivity index (χ0n) is 7.96. The minimum atomic E-state index is 1.03. The van der Waals surface area contributed by atoms with Crippen LogP contribution >= 0.6 is 0 Å². The minimum absolute atomic E-state index is 1.03. The highest BCUT2D eigenvalue weighted by Gasteiger charge is 2.09. The Kier molecular flexibility index (Phi) is 1.66. The molecule has 0 amide bonds. The maximum atomic E-state index is 4.32. The number of hydrogen-bond donors (Lipinski definition) is 1. The fourth-order valence-electron chi connectivity index (χ4n) is 2.12. The standard InChI is InChI=1S/C12H12N2/c1-2-5-9-6-4-8-11-12(9)10(7-3-1)13-14-11/h1-2,4,6,8H,3,5,7H2,(H,13,14)/b2-1-. The number of allylic oxidation sites excluding steroid dienone is 2. The summed E-state index contributed by atoms with van der Waals surface area (Å²) in [4.78, 5) is 0. The summed E-state index contributed by atoms with van der Waals surface area (Å²) in [5.74, 6) is 0. The lowest BCUT2D eigenvalue weighted by molar-refractivity contribution is 0.916. The Morgan fingerprint density at radius 2 is 2.21 bits per heavy atom. The molecule has 0 radical (unpaired) electrons. The molecule has 2 nitrogen and oxygen atoms in total. The topological polar surface area (TPSA) is 28.7 Å². The lowest BCUT2D eigenvalue weighted by Gasteiger charge is -2.04. The summed E-state index contributed by atoms with van der Waals surface area (Å²) >= 11 is 0. The van der Waals surface area contributed by atoms with E-state index in [1.165, 1.54) is 16.6 Å². The van der Waals surface area contributed by atoms with Gasteiger partial charge in [-0.3, -0.25) is 5.10 Å². The van der Waals surface area contributed by atoms with Crippen LogP contribution in [-0.4, -0.2) is 10.2 Å². The van der Waals surface area contributed by atoms with Crippen molar-refractivity contribution in [3.63, 3.8) is 0 Å². The molecule has 1 heterocycles. The number of H-pyrrole nitrogens is 1. The molecule has 70 valence electrons. The highest BCUT2D eigenvalue weighted by Crippen LogP contribution is 2.23. The summed E-state index contributed by atoms with van der Waals surface area (Å²) in [6.45, 7) is 0. The van der Waals surface area contributed by atoms with Gasteiger partial charge < -0.3 is 0 Å². The van der Waals surface area contributed by atoms with Crippen LogP contribution < -0.4 is 0 Å². The van der Waals surface area contributed by atoms with Gasteiger partial charge in [-0.2, -0.15) is 5.10 Å². The number of rotatable bonds is 0. The molecular formula is C12H12N2. The van der Waals surface area contributed by atoms with E-state index in [0.29, 0.717) is 0 Å². The molecule has 0 fully saturated rings. The van der Waals surface area contributed by atoms with Gasteiger partial charge in [0.05, 0.1) is 5.52 Å². The number of aryl methyl sites for hydroxylation is 1. The smallest absolute Gasteiger partial charge is 0.0926 e. The summed E-state index contributed by atoms with van der Waals surface area (Å²) in [5, 5.41) is 8.80. The predicted molar refractivity (Wildman–Crippen MR) is 57.3 cm³/mol. The molecular weight excluding hydrogens is 172 g/mol. The van der Waals surface area contributed by atoms with Gasteiger partial charge in [-0.15, -0.1) is 0 Å². The van der Waals surface area contributed by atoms with Crippen molar-refractivity contribution in [1.82, 2.24) is 10.2 Å². The molecule has 0 saturated heterocycles. The minimum Gasteiger partial charge on any atom is -0.281 e. The first kappa shape index (κ1) is 7.80. The van der Waals surface area contributed by atoms with E-state index in [0.717, 1.165) is 24.8 Å². The van der Waals surface area contributed by atoms with Gasteiger partial charge in [0.2, 0.25) is 0 Å². The van der Waals surface area contributed by atoms with E-state index in [-0.39, 0.29) is 0 Å². The molecule has 0 aliphatic heterocycles. The largest absolute Gasteiger partial charge is 0.281 e. The molecule has 2 aromatic rings. The van der Waals surface area contributed by atoms with Crippen LogP contribution in [0.5, 0.6) is 0 Å². The molecule has 1 aromatic heterocycles. The number of aromatic amines is 1. The van der Waals surface area contributed by atoms with Crippen molar-refractivity contribution in [2.45, 2.75) is 19.3 Å². The Hall–Kier alpha value is -1.57. The fraction of sp³-hybridized carbons (Fsp3) is 0.250. The Labute approximate surface area is 82.6 Å². The molecule has 14 heavy (non-hydrogen) atoms. The first-order chi connectivity index (χ1) is 6.95. The predicted octanol–water partition coefficient (Wildman–Crippen LogP) is 2.61. The van der Waals surface area contributed by atoms with Crippen LogP contribution in [0.2, 0.25) is 0 Å². The van der Waals surface area contributed by atoms with Gasteiger partial charge in [-0.05, 0) is 30.9 Å². The number of nitrogens with one attached hydrogen (secondary N) is 1. The van der Waals surface area contributed by atoms with Gasteiger partial charge in [0.1, 0.15) is 0 Å². The van der Waals surface area contributed by atoms with Gasteiger partial charge in [0.25, 0.3) is 0 Å². The van der Waals surface area contributed by atoms with Crippen LogP contribution in [0.25, 0.3) is 10.9 Å². The summed E-state index contributed by atoms with van der Waals surface area (Å²) in [7, 11) is 0. The van der Waals surface area contributed by atoms with E-state index in [1.807, 2.05) is 0 Å². The van der Waals surface area contributed by atoms with Crippen LogP contribution in [0.1, 0.15) is 17.7 Å². The van der Waals surface area contributed by atoms with Crippen molar-refractivity contribution in [2.24, 2.45) is 0 Å². The number of hydrogen-bond acceptors (Lipinski definition) is 1. The highest BCUT2D eigenvalue weighted by atomic mass is 15.1. The maximum Gasteiger partial charge on any atom is 0.0926 e. The van der Waals surface area contributed by atoms with Crippen LogP contribution in [0.3, 0.4) is 0 Å². The van der Waals surface area contributed by atoms with Crippen molar-refractivity contribution in [3.8, 4) is 0 Å². The Morgan fingerprint density at radius 1 is 1.21 bits per heavy atom. The fourth-order valence-corrected chi connectivity index (χ4v) is 2.12. The summed E-state index contributed by atoms with van der Waals surface area (Å²) < 4.78 is 0. The zero-order valence-corrected chi connectivity index (χ0v) is 7.96. The molecule has 1 aliphatic carbocycles. The number of benzene rings is 1. The molecule has 1 aliphatic rings. The monoisotopic (exact) mass is 184 g/mol. The van der Waals surface area contributed by atoms with Crippen molar-refractivity contribution < 1.29 is 0 Å². The highest BCUT2D eigenvalue weighted by molar-refractivity contribution is 5.85. The van der Waals surface area contributed by atoms with Crippen molar-refractivity contribution in [3.05, 3.63) is 41.6 Å². The first-order valence-corrected chi connectivity index (χ1v) is 5.05. The van der Waals surface area contributed by atoms with E-state index in [1.54, 1.807) is 0 Å². The molecule has 0 spiro atoms. The maximum absolute atomic E-state index is 4.32. The lowest BCUT2D eigenvalue weighted by Crippen LogP contribution is -1.92. The zero-order chi connectivity index (χ0) is 9.38. The van der Waals surface area contributed by atoms with Crippen molar-refractivity contribution >= 4 is 10.9 Å².